The van der Waals surface area contributed by atoms with E-state index >= 15 is 0 Å². The van der Waals surface area contributed by atoms with Crippen molar-refractivity contribution < 1.29 is 9.53 Å². The molecule has 2 aromatic heterocycles. The zero-order valence-electron chi connectivity index (χ0n) is 13.9. The second kappa shape index (κ2) is 6.98. The third-order valence-corrected chi connectivity index (χ3v) is 4.92. The Hall–Kier alpha value is -1.44. The van der Waals surface area contributed by atoms with Crippen LogP contribution in [0.4, 0.5) is 0 Å². The normalized spacial score (nSPS) is 24.0. The fourth-order valence-corrected chi connectivity index (χ4v) is 3.78. The molecular weight excluding hydrogens is 312 g/mol. The fraction of sp³-hybridized carbons (Fsp3) is 0.625. The summed E-state index contributed by atoms with van der Waals surface area (Å²) in [7, 11) is 0. The minimum atomic E-state index is 0.0250. The van der Waals surface area contributed by atoms with Crippen LogP contribution in [0.1, 0.15) is 26.5 Å². The largest absolute Gasteiger partial charge is 0.373 e. The first kappa shape index (κ1) is 16.4. The molecule has 1 aliphatic rings. The maximum Gasteiger partial charge on any atom is 0.226 e. The summed E-state index contributed by atoms with van der Waals surface area (Å²) < 4.78 is 7.70. The summed E-state index contributed by atoms with van der Waals surface area (Å²) in [6, 6.07) is 0.304. The third kappa shape index (κ3) is 4.10. The van der Waals surface area contributed by atoms with Crippen molar-refractivity contribution in [2.45, 2.75) is 45.4 Å². The van der Waals surface area contributed by atoms with Crippen molar-refractivity contribution in [3.05, 3.63) is 23.5 Å². The molecule has 3 atom stereocenters. The highest BCUT2D eigenvalue weighted by Gasteiger charge is 2.25. The molecule has 0 aromatic carbocycles. The Morgan fingerprint density at radius 2 is 2.22 bits per heavy atom. The van der Waals surface area contributed by atoms with Gasteiger partial charge in [0.2, 0.25) is 5.91 Å². The molecule has 2 aromatic rings. The van der Waals surface area contributed by atoms with Gasteiger partial charge >= 0.3 is 0 Å². The molecule has 3 unspecified atom stereocenters. The van der Waals surface area contributed by atoms with Crippen LogP contribution in [-0.2, 0) is 16.0 Å². The number of ether oxygens (including phenoxy) is 1. The molecule has 0 bridgehead atoms. The lowest BCUT2D eigenvalue weighted by Crippen LogP contribution is -2.52. The maximum absolute atomic E-state index is 12.1. The molecule has 0 radical (unpaired) electrons. The predicted octanol–water partition coefficient (Wildman–Crippen LogP) is 1.55. The number of amides is 1. The van der Waals surface area contributed by atoms with Gasteiger partial charge in [-0.1, -0.05) is 0 Å². The van der Waals surface area contributed by atoms with Crippen LogP contribution >= 0.6 is 11.3 Å². The van der Waals surface area contributed by atoms with E-state index in [2.05, 4.69) is 36.0 Å². The fourth-order valence-electron chi connectivity index (χ4n) is 3.06. The first-order valence-corrected chi connectivity index (χ1v) is 8.96. The number of nitrogens with one attached hydrogen (secondary N) is 1. The molecule has 1 N–H and O–H groups in total. The second-order valence-corrected chi connectivity index (χ2v) is 7.24. The number of nitrogens with zero attached hydrogens (tertiary/aromatic N) is 3. The third-order valence-electron chi connectivity index (χ3n) is 4.15. The molecule has 0 spiro atoms. The number of fused-ring (bicyclic) bond motifs is 1. The van der Waals surface area contributed by atoms with Crippen molar-refractivity contribution >= 4 is 22.2 Å². The number of hydrogen-bond donors (Lipinski definition) is 1. The van der Waals surface area contributed by atoms with Crippen molar-refractivity contribution in [3.63, 3.8) is 0 Å². The summed E-state index contributed by atoms with van der Waals surface area (Å²) in [6.07, 6.45) is 4.69. The van der Waals surface area contributed by atoms with E-state index in [0.717, 1.165) is 23.7 Å². The van der Waals surface area contributed by atoms with Crippen LogP contribution in [0, 0.1) is 0 Å². The van der Waals surface area contributed by atoms with Crippen LogP contribution < -0.4 is 5.32 Å². The maximum atomic E-state index is 12.1. The van der Waals surface area contributed by atoms with Crippen molar-refractivity contribution in [3.8, 4) is 0 Å². The number of rotatable bonds is 5. The summed E-state index contributed by atoms with van der Waals surface area (Å²) in [5.41, 5.74) is 0.815. The van der Waals surface area contributed by atoms with Crippen LogP contribution in [0.5, 0.6) is 0 Å². The Labute approximate surface area is 140 Å². The summed E-state index contributed by atoms with van der Waals surface area (Å²) in [6.45, 7) is 8.83. The summed E-state index contributed by atoms with van der Waals surface area (Å²) in [4.78, 5) is 19.9. The van der Waals surface area contributed by atoms with E-state index in [9.17, 15) is 4.79 Å². The van der Waals surface area contributed by atoms with E-state index in [1.807, 2.05) is 22.2 Å². The molecule has 126 valence electrons. The highest BCUT2D eigenvalue weighted by atomic mass is 32.1. The first-order chi connectivity index (χ1) is 11.0. The van der Waals surface area contributed by atoms with E-state index in [-0.39, 0.29) is 18.1 Å². The van der Waals surface area contributed by atoms with Gasteiger partial charge < -0.3 is 10.1 Å². The van der Waals surface area contributed by atoms with Crippen molar-refractivity contribution in [2.75, 3.05) is 19.6 Å². The number of thiazole rings is 1. The Morgan fingerprint density at radius 1 is 1.48 bits per heavy atom. The van der Waals surface area contributed by atoms with Gasteiger partial charge in [-0.2, -0.15) is 0 Å². The average Bonchev–Trinajstić information content (AvgIpc) is 3.04. The van der Waals surface area contributed by atoms with Gasteiger partial charge in [0.1, 0.15) is 0 Å². The SMILES string of the molecule is CC1CN(C(C)CNC(=O)Cc2cn3ccsc3n2)CC(C)O1. The van der Waals surface area contributed by atoms with E-state index in [1.54, 1.807) is 11.3 Å². The smallest absolute Gasteiger partial charge is 0.226 e. The molecule has 1 amide bonds. The summed E-state index contributed by atoms with van der Waals surface area (Å²) in [5, 5.41) is 5.01. The molecule has 0 aliphatic carbocycles. The first-order valence-electron chi connectivity index (χ1n) is 8.08. The van der Waals surface area contributed by atoms with Gasteiger partial charge in [0.05, 0.1) is 24.3 Å². The van der Waals surface area contributed by atoms with Gasteiger partial charge in [0.25, 0.3) is 0 Å². The lowest BCUT2D eigenvalue weighted by molar-refractivity contribution is -0.121. The Morgan fingerprint density at radius 3 is 2.91 bits per heavy atom. The van der Waals surface area contributed by atoms with Crippen LogP contribution in [0.25, 0.3) is 4.96 Å². The van der Waals surface area contributed by atoms with Gasteiger partial charge in [-0.3, -0.25) is 14.1 Å². The highest BCUT2D eigenvalue weighted by molar-refractivity contribution is 7.15. The Balaban J connectivity index is 1.47. The monoisotopic (exact) mass is 336 g/mol. The number of carbonyl (C=O) groups is 1. The van der Waals surface area contributed by atoms with E-state index in [4.69, 9.17) is 4.74 Å². The van der Waals surface area contributed by atoms with Crippen LogP contribution in [-0.4, -0.2) is 58.1 Å². The number of aromatic nitrogens is 2. The molecule has 1 aliphatic heterocycles. The number of morpholine rings is 1. The van der Waals surface area contributed by atoms with Crippen LogP contribution in [0.3, 0.4) is 0 Å². The van der Waals surface area contributed by atoms with Gasteiger partial charge in [-0.05, 0) is 20.8 Å². The quantitative estimate of drug-likeness (QED) is 0.900. The van der Waals surface area contributed by atoms with Crippen molar-refractivity contribution in [2.24, 2.45) is 0 Å². The van der Waals surface area contributed by atoms with E-state index in [0.29, 0.717) is 19.0 Å². The molecular formula is C16H24N4O2S. The zero-order chi connectivity index (χ0) is 16.4. The van der Waals surface area contributed by atoms with Gasteiger partial charge in [-0.15, -0.1) is 11.3 Å². The van der Waals surface area contributed by atoms with Crippen LogP contribution in [0.2, 0.25) is 0 Å². The van der Waals surface area contributed by atoms with E-state index in [1.165, 1.54) is 0 Å². The summed E-state index contributed by atoms with van der Waals surface area (Å²) >= 11 is 1.57. The Bertz CT molecular complexity index is 629. The lowest BCUT2D eigenvalue weighted by Gasteiger charge is -2.39. The molecule has 0 saturated carbocycles. The number of carbonyl (C=O) groups excluding carboxylic acids is 1. The molecule has 1 fully saturated rings. The topological polar surface area (TPSA) is 58.9 Å². The molecule has 7 heteroatoms. The van der Waals surface area contributed by atoms with Gasteiger partial charge in [-0.25, -0.2) is 4.98 Å². The molecule has 1 saturated heterocycles. The second-order valence-electron chi connectivity index (χ2n) is 6.37. The molecule has 3 rings (SSSR count). The van der Waals surface area contributed by atoms with Crippen molar-refractivity contribution in [1.29, 1.82) is 0 Å². The van der Waals surface area contributed by atoms with E-state index < -0.39 is 0 Å². The predicted molar refractivity (Wildman–Crippen MR) is 90.8 cm³/mol. The van der Waals surface area contributed by atoms with Gasteiger partial charge in [0, 0.05) is 43.4 Å². The van der Waals surface area contributed by atoms with Crippen LogP contribution in [0.15, 0.2) is 17.8 Å². The molecule has 6 nitrogen and oxygen atoms in total. The Kier molecular flexibility index (Phi) is 4.99. The minimum Gasteiger partial charge on any atom is -0.373 e. The summed E-state index contributed by atoms with van der Waals surface area (Å²) in [5.74, 6) is 0.0250. The van der Waals surface area contributed by atoms with Crippen molar-refractivity contribution in [1.82, 2.24) is 19.6 Å². The van der Waals surface area contributed by atoms with Gasteiger partial charge in [0.15, 0.2) is 4.96 Å². The number of imidazole rings is 1. The molecule has 23 heavy (non-hydrogen) atoms. The average molecular weight is 336 g/mol. The lowest BCUT2D eigenvalue weighted by atomic mass is 10.1. The standard InChI is InChI=1S/C16H24N4O2S/c1-11(20-8-12(2)22-13(3)9-20)7-17-15(21)6-14-10-19-4-5-23-16(19)18-14/h4-5,10-13H,6-9H2,1-3H3,(H,17,21). The molecule has 3 heterocycles. The zero-order valence-corrected chi connectivity index (χ0v) is 14.7. The minimum absolute atomic E-state index is 0.0250. The number of hydrogen-bond acceptors (Lipinski definition) is 5. The highest BCUT2D eigenvalue weighted by Crippen LogP contribution is 2.14.